The average Bonchev–Trinajstić information content (AvgIpc) is 2.93. The van der Waals surface area contributed by atoms with Crippen molar-refractivity contribution in [2.24, 2.45) is 0 Å². The third kappa shape index (κ3) is 3.83. The van der Waals surface area contributed by atoms with Crippen molar-refractivity contribution in [3.8, 4) is 6.07 Å². The Hall–Kier alpha value is -2.13. The SMILES string of the molecule is N#CC1CC(F)(F)CN1C(=O)CNC(=O)c1cccc2ccc([At])cc12. The maximum atomic E-state index is 13.4. The summed E-state index contributed by atoms with van der Waals surface area (Å²) in [5, 5.41) is 13.1. The number of hydrogen-bond donors (Lipinski definition) is 1. The van der Waals surface area contributed by atoms with Gasteiger partial charge in [-0.25, -0.2) is 0 Å². The predicted octanol–water partition coefficient (Wildman–Crippen LogP) is 1.50. The van der Waals surface area contributed by atoms with Gasteiger partial charge >= 0.3 is 164 Å². The van der Waals surface area contributed by atoms with Gasteiger partial charge in [-0.15, -0.1) is 0 Å². The van der Waals surface area contributed by atoms with Crippen LogP contribution in [0.4, 0.5) is 8.78 Å². The molecule has 8 heteroatoms. The Labute approximate surface area is 163 Å². The van der Waals surface area contributed by atoms with E-state index >= 15 is 0 Å². The van der Waals surface area contributed by atoms with E-state index in [2.05, 4.69) is 5.32 Å². The molecule has 0 aliphatic carbocycles. The standard InChI is InChI=1S/C18H14AtF2N3O2/c19-12-5-4-11-2-1-3-14(15(11)6-12)17(26)23-9-16(25)24-10-18(20,21)7-13(24)8-22/h1-6,13H,7,9-10H2,(H,23,26). The van der Waals surface area contributed by atoms with Gasteiger partial charge < -0.3 is 0 Å². The molecule has 0 spiro atoms. The van der Waals surface area contributed by atoms with Crippen molar-refractivity contribution in [2.45, 2.75) is 18.4 Å². The Balaban J connectivity index is 1.73. The molecular weight excluding hydrogens is 538 g/mol. The second-order valence-corrected chi connectivity index (χ2v) is 7.78. The fraction of sp³-hybridized carbons (Fsp3) is 0.278. The average molecular weight is 552 g/mol. The first kappa shape index (κ1) is 18.7. The van der Waals surface area contributed by atoms with E-state index in [1.165, 1.54) is 24.7 Å². The number of carbonyl (C=O) groups is 2. The summed E-state index contributed by atoms with van der Waals surface area (Å²) in [4.78, 5) is 25.5. The number of nitrogens with one attached hydrogen (secondary N) is 1. The van der Waals surface area contributed by atoms with E-state index in [0.29, 0.717) is 5.56 Å². The van der Waals surface area contributed by atoms with Crippen molar-refractivity contribution >= 4 is 25.9 Å². The van der Waals surface area contributed by atoms with Crippen LogP contribution in [0.25, 0.3) is 10.8 Å². The fourth-order valence-electron chi connectivity index (χ4n) is 2.99. The molecule has 1 atom stereocenters. The van der Waals surface area contributed by atoms with Gasteiger partial charge in [0.15, 0.2) is 0 Å². The summed E-state index contributed by atoms with van der Waals surface area (Å²) in [7, 11) is 0. The van der Waals surface area contributed by atoms with E-state index in [9.17, 15) is 18.4 Å². The van der Waals surface area contributed by atoms with Gasteiger partial charge in [-0.3, -0.25) is 0 Å². The molecule has 134 valence electrons. The Morgan fingerprint density at radius 1 is 1.35 bits per heavy atom. The van der Waals surface area contributed by atoms with Crippen LogP contribution < -0.4 is 8.59 Å². The molecular formula is C18H14AtF2N3O2. The summed E-state index contributed by atoms with van der Waals surface area (Å²) in [5.41, 5.74) is 0.414. The van der Waals surface area contributed by atoms with Crippen LogP contribution >= 0.6 is 0 Å². The number of halogens is 2. The quantitative estimate of drug-likeness (QED) is 0.628. The van der Waals surface area contributed by atoms with Crippen molar-refractivity contribution < 1.29 is 43.1 Å². The molecule has 0 saturated carbocycles. The third-order valence-corrected chi connectivity index (χ3v) is 5.14. The Morgan fingerprint density at radius 2 is 2.12 bits per heavy atom. The molecule has 2 aromatic carbocycles. The zero-order valence-corrected chi connectivity index (χ0v) is 16.4. The van der Waals surface area contributed by atoms with Gasteiger partial charge in [0.1, 0.15) is 0 Å². The van der Waals surface area contributed by atoms with Crippen LogP contribution in [0.1, 0.15) is 16.8 Å². The zero-order chi connectivity index (χ0) is 18.9. The molecule has 0 radical (unpaired) electrons. The maximum absolute atomic E-state index is 13.4. The third-order valence-electron chi connectivity index (χ3n) is 4.23. The minimum absolute atomic E-state index is 0.414. The summed E-state index contributed by atoms with van der Waals surface area (Å²) in [6, 6.07) is 11.6. The summed E-state index contributed by atoms with van der Waals surface area (Å²) in [5.74, 6) is -4.23. The molecule has 3 rings (SSSR count). The first-order chi connectivity index (χ1) is 12.3. The number of rotatable bonds is 3. The van der Waals surface area contributed by atoms with Crippen molar-refractivity contribution in [2.75, 3.05) is 13.1 Å². The second kappa shape index (κ2) is 7.24. The van der Waals surface area contributed by atoms with E-state index in [1.54, 1.807) is 18.2 Å². The number of nitrogens with zero attached hydrogens (tertiary/aromatic N) is 2. The Morgan fingerprint density at radius 3 is 2.85 bits per heavy atom. The minimum atomic E-state index is -3.07. The van der Waals surface area contributed by atoms with Gasteiger partial charge in [0, 0.05) is 0 Å². The number of amides is 2. The van der Waals surface area contributed by atoms with Crippen LogP contribution in [0, 0.1) is 36.1 Å². The predicted molar refractivity (Wildman–Crippen MR) is 86.6 cm³/mol. The summed E-state index contributed by atoms with van der Waals surface area (Å²) in [6.45, 7) is -1.23. The fourth-order valence-corrected chi connectivity index (χ4v) is 3.66. The number of hydrogen-bond acceptors (Lipinski definition) is 3. The van der Waals surface area contributed by atoms with E-state index < -0.39 is 43.3 Å². The molecule has 2 aromatic rings. The molecule has 1 N–H and O–H groups in total. The van der Waals surface area contributed by atoms with Gasteiger partial charge in [-0.05, 0) is 0 Å². The summed E-state index contributed by atoms with van der Waals surface area (Å²) in [6.07, 6.45) is -0.673. The molecule has 5 nitrogen and oxygen atoms in total. The molecule has 26 heavy (non-hydrogen) atoms. The van der Waals surface area contributed by atoms with Crippen LogP contribution in [-0.4, -0.2) is 41.8 Å². The summed E-state index contributed by atoms with van der Waals surface area (Å²) >= 11 is 1.48. The van der Waals surface area contributed by atoms with Crippen LogP contribution in [0.15, 0.2) is 36.4 Å². The molecule has 1 saturated heterocycles. The van der Waals surface area contributed by atoms with Gasteiger partial charge in [0.2, 0.25) is 0 Å². The van der Waals surface area contributed by atoms with Crippen molar-refractivity contribution in [3.05, 3.63) is 42.0 Å². The van der Waals surface area contributed by atoms with Gasteiger partial charge in [0.05, 0.1) is 0 Å². The van der Waals surface area contributed by atoms with Crippen LogP contribution in [0.2, 0.25) is 0 Å². The van der Waals surface area contributed by atoms with Crippen molar-refractivity contribution in [1.29, 1.82) is 5.26 Å². The van der Waals surface area contributed by atoms with Crippen LogP contribution in [0.3, 0.4) is 0 Å². The first-order valence-electron chi connectivity index (χ1n) is 7.84. The normalized spacial score (nSPS) is 18.5. The number of alkyl halides is 2. The van der Waals surface area contributed by atoms with Crippen molar-refractivity contribution in [1.82, 2.24) is 10.2 Å². The Kier molecular flexibility index (Phi) is 5.20. The topological polar surface area (TPSA) is 73.2 Å². The first-order valence-corrected chi connectivity index (χ1v) is 9.31. The van der Waals surface area contributed by atoms with Crippen LogP contribution in [-0.2, 0) is 4.79 Å². The molecule has 0 bridgehead atoms. The van der Waals surface area contributed by atoms with Gasteiger partial charge in [-0.2, -0.15) is 0 Å². The van der Waals surface area contributed by atoms with E-state index in [4.69, 9.17) is 5.26 Å². The van der Waals surface area contributed by atoms with E-state index in [-0.39, 0.29) is 0 Å². The molecule has 1 heterocycles. The number of benzene rings is 2. The molecule has 0 aromatic heterocycles. The second-order valence-electron chi connectivity index (χ2n) is 6.08. The summed E-state index contributed by atoms with van der Waals surface area (Å²) < 4.78 is 27.9. The van der Waals surface area contributed by atoms with Gasteiger partial charge in [0.25, 0.3) is 0 Å². The van der Waals surface area contributed by atoms with Crippen LogP contribution in [0.5, 0.6) is 0 Å². The van der Waals surface area contributed by atoms with E-state index in [0.717, 1.165) is 18.9 Å². The molecule has 1 fully saturated rings. The molecule has 1 aliphatic rings. The molecule has 1 aliphatic heterocycles. The monoisotopic (exact) mass is 552 g/mol. The number of fused-ring (bicyclic) bond motifs is 1. The number of carbonyl (C=O) groups excluding carboxylic acids is 2. The molecule has 1 unspecified atom stereocenters. The number of likely N-dealkylation sites (tertiary alicyclic amines) is 1. The number of nitriles is 1. The Bertz CT molecular complexity index is 926. The van der Waals surface area contributed by atoms with E-state index in [1.807, 2.05) is 24.3 Å². The van der Waals surface area contributed by atoms with Gasteiger partial charge in [-0.1, -0.05) is 0 Å². The van der Waals surface area contributed by atoms with Crippen molar-refractivity contribution in [3.63, 3.8) is 0 Å². The molecule has 2 amide bonds. The zero-order valence-electron chi connectivity index (χ0n) is 13.5.